The lowest BCUT2D eigenvalue weighted by Crippen LogP contribution is -2.34. The quantitative estimate of drug-likeness (QED) is 0.541. The zero-order valence-electron chi connectivity index (χ0n) is 11.0. The summed E-state index contributed by atoms with van der Waals surface area (Å²) in [5, 5.41) is 18.4. The molecule has 0 unspecified atom stereocenters. The van der Waals surface area contributed by atoms with Crippen LogP contribution in [0.1, 0.15) is 12.5 Å². The summed E-state index contributed by atoms with van der Waals surface area (Å²) in [5.41, 5.74) is 0.578. The second-order valence-corrected chi connectivity index (χ2v) is 5.75. The molecule has 0 amide bonds. The van der Waals surface area contributed by atoms with Crippen LogP contribution in [0.3, 0.4) is 0 Å². The molecule has 8 heteroatoms. The molecule has 19 heavy (non-hydrogen) atoms. The minimum Gasteiger partial charge on any atom is -0.395 e. The van der Waals surface area contributed by atoms with Crippen molar-refractivity contribution < 1.29 is 13.5 Å². The minimum absolute atomic E-state index is 0.0218. The molecule has 0 aliphatic carbocycles. The number of nitrogens with one attached hydrogen (secondary N) is 2. The van der Waals surface area contributed by atoms with E-state index in [0.29, 0.717) is 12.1 Å². The normalized spacial score (nSPS) is 11.9. The number of aromatic amines is 1. The predicted octanol–water partition coefficient (Wildman–Crippen LogP) is -0.312. The van der Waals surface area contributed by atoms with Gasteiger partial charge in [-0.3, -0.25) is 5.10 Å². The van der Waals surface area contributed by atoms with Crippen LogP contribution in [0.25, 0.3) is 0 Å². The minimum atomic E-state index is -3.70. The first kappa shape index (κ1) is 15.8. The van der Waals surface area contributed by atoms with Gasteiger partial charge in [0.15, 0.2) is 5.03 Å². The van der Waals surface area contributed by atoms with Crippen LogP contribution in [0.2, 0.25) is 0 Å². The molecule has 0 radical (unpaired) electrons. The van der Waals surface area contributed by atoms with E-state index in [-0.39, 0.29) is 24.7 Å². The Labute approximate surface area is 113 Å². The second-order valence-electron chi connectivity index (χ2n) is 3.88. The molecule has 0 aromatic carbocycles. The van der Waals surface area contributed by atoms with Crippen LogP contribution in [0.4, 0.5) is 0 Å². The highest BCUT2D eigenvalue weighted by Crippen LogP contribution is 2.17. The Balaban J connectivity index is 3.03. The van der Waals surface area contributed by atoms with Crippen LogP contribution in [0, 0.1) is 0 Å². The Kier molecular flexibility index (Phi) is 6.16. The fourth-order valence-corrected chi connectivity index (χ4v) is 3.11. The van der Waals surface area contributed by atoms with Gasteiger partial charge >= 0.3 is 0 Å². The van der Waals surface area contributed by atoms with Crippen molar-refractivity contribution in [2.24, 2.45) is 0 Å². The molecule has 0 spiro atoms. The summed E-state index contributed by atoms with van der Waals surface area (Å²) in [7, 11) is -3.70. The number of H-pyrrole nitrogens is 1. The lowest BCUT2D eigenvalue weighted by Gasteiger charge is -2.19. The van der Waals surface area contributed by atoms with Crippen molar-refractivity contribution in [1.82, 2.24) is 19.8 Å². The maximum absolute atomic E-state index is 12.4. The summed E-state index contributed by atoms with van der Waals surface area (Å²) in [6.07, 6.45) is 2.97. The molecule has 7 nitrogen and oxygen atoms in total. The van der Waals surface area contributed by atoms with Crippen LogP contribution < -0.4 is 5.32 Å². The molecule has 1 aromatic rings. The van der Waals surface area contributed by atoms with Gasteiger partial charge in [-0.05, 0) is 6.54 Å². The fraction of sp³-hybridized carbons (Fsp3) is 0.545. The van der Waals surface area contributed by atoms with E-state index in [4.69, 9.17) is 5.11 Å². The molecule has 0 bridgehead atoms. The molecular weight excluding hydrogens is 268 g/mol. The van der Waals surface area contributed by atoms with Crippen LogP contribution in [-0.2, 0) is 16.6 Å². The summed E-state index contributed by atoms with van der Waals surface area (Å²) in [6.45, 7) is 6.53. The number of rotatable bonds is 9. The molecule has 3 N–H and O–H groups in total. The van der Waals surface area contributed by atoms with E-state index in [0.717, 1.165) is 10.8 Å². The number of sulfonamides is 1. The maximum atomic E-state index is 12.4. The lowest BCUT2D eigenvalue weighted by atomic mass is 10.3. The Hall–Kier alpha value is -1.22. The van der Waals surface area contributed by atoms with E-state index in [1.165, 1.54) is 12.3 Å². The molecule has 1 aromatic heterocycles. The van der Waals surface area contributed by atoms with E-state index in [9.17, 15) is 8.42 Å². The van der Waals surface area contributed by atoms with Gasteiger partial charge in [-0.25, -0.2) is 8.42 Å². The Morgan fingerprint density at radius 2 is 2.37 bits per heavy atom. The van der Waals surface area contributed by atoms with Gasteiger partial charge in [0, 0.05) is 25.2 Å². The molecule has 0 aliphatic heterocycles. The van der Waals surface area contributed by atoms with E-state index in [1.807, 2.05) is 6.92 Å². The highest BCUT2D eigenvalue weighted by atomic mass is 32.2. The highest BCUT2D eigenvalue weighted by molar-refractivity contribution is 7.89. The van der Waals surface area contributed by atoms with Gasteiger partial charge in [-0.15, -0.1) is 6.58 Å². The highest BCUT2D eigenvalue weighted by Gasteiger charge is 2.27. The number of hydrogen-bond acceptors (Lipinski definition) is 5. The second kappa shape index (κ2) is 7.39. The van der Waals surface area contributed by atoms with Crippen LogP contribution >= 0.6 is 0 Å². The Morgan fingerprint density at radius 3 is 2.95 bits per heavy atom. The van der Waals surface area contributed by atoms with Crippen LogP contribution in [0.15, 0.2) is 23.9 Å². The number of aromatic nitrogens is 2. The predicted molar refractivity (Wildman–Crippen MR) is 72.0 cm³/mol. The summed E-state index contributed by atoms with van der Waals surface area (Å²) in [4.78, 5) is 0. The summed E-state index contributed by atoms with van der Waals surface area (Å²) >= 11 is 0. The zero-order valence-corrected chi connectivity index (χ0v) is 11.8. The molecule has 1 rings (SSSR count). The van der Waals surface area contributed by atoms with Gasteiger partial charge < -0.3 is 10.4 Å². The SMILES string of the molecule is C=CCN(CCO)S(=O)(=O)c1[nH]ncc1CNCC. The van der Waals surface area contributed by atoms with E-state index >= 15 is 0 Å². The van der Waals surface area contributed by atoms with E-state index < -0.39 is 10.0 Å². The van der Waals surface area contributed by atoms with Crippen molar-refractivity contribution in [2.75, 3.05) is 26.2 Å². The first-order valence-electron chi connectivity index (χ1n) is 6.02. The average molecular weight is 288 g/mol. The van der Waals surface area contributed by atoms with E-state index in [2.05, 4.69) is 22.1 Å². The topological polar surface area (TPSA) is 98.3 Å². The zero-order chi connectivity index (χ0) is 14.3. The maximum Gasteiger partial charge on any atom is 0.260 e. The molecule has 0 fully saturated rings. The molecular formula is C11H20N4O3S. The first-order valence-corrected chi connectivity index (χ1v) is 7.46. The van der Waals surface area contributed by atoms with Gasteiger partial charge in [0.1, 0.15) is 0 Å². The van der Waals surface area contributed by atoms with Crippen LogP contribution in [-0.4, -0.2) is 54.3 Å². The molecule has 0 aliphatic rings. The third-order valence-corrected chi connectivity index (χ3v) is 4.40. The average Bonchev–Trinajstić information content (AvgIpc) is 2.85. The largest absolute Gasteiger partial charge is 0.395 e. The van der Waals surface area contributed by atoms with Crippen molar-refractivity contribution in [2.45, 2.75) is 18.5 Å². The molecule has 0 atom stereocenters. The molecule has 0 saturated carbocycles. The number of nitrogens with zero attached hydrogens (tertiary/aromatic N) is 2. The number of hydrogen-bond donors (Lipinski definition) is 3. The van der Waals surface area contributed by atoms with Crippen molar-refractivity contribution in [3.63, 3.8) is 0 Å². The number of aliphatic hydroxyl groups excluding tert-OH is 1. The van der Waals surface area contributed by atoms with Gasteiger partial charge in [0.2, 0.25) is 0 Å². The summed E-state index contributed by atoms with van der Waals surface area (Å²) in [6, 6.07) is 0. The molecule has 108 valence electrons. The number of aliphatic hydroxyl groups is 1. The van der Waals surface area contributed by atoms with Gasteiger partial charge in [-0.1, -0.05) is 13.0 Å². The van der Waals surface area contributed by atoms with Gasteiger partial charge in [0.25, 0.3) is 10.0 Å². The van der Waals surface area contributed by atoms with E-state index in [1.54, 1.807) is 0 Å². The Morgan fingerprint density at radius 1 is 1.63 bits per heavy atom. The van der Waals surface area contributed by atoms with Gasteiger partial charge in [-0.2, -0.15) is 9.40 Å². The van der Waals surface area contributed by atoms with Crippen molar-refractivity contribution in [1.29, 1.82) is 0 Å². The van der Waals surface area contributed by atoms with Crippen molar-refractivity contribution in [3.8, 4) is 0 Å². The third-order valence-electron chi connectivity index (χ3n) is 2.52. The smallest absolute Gasteiger partial charge is 0.260 e. The molecule has 0 saturated heterocycles. The van der Waals surface area contributed by atoms with Crippen LogP contribution in [0.5, 0.6) is 0 Å². The fourth-order valence-electron chi connectivity index (χ4n) is 1.60. The summed E-state index contributed by atoms with van der Waals surface area (Å²) < 4.78 is 26.0. The Bertz CT molecular complexity index is 498. The summed E-state index contributed by atoms with van der Waals surface area (Å²) in [5.74, 6) is 0. The third kappa shape index (κ3) is 3.87. The monoisotopic (exact) mass is 288 g/mol. The van der Waals surface area contributed by atoms with Gasteiger partial charge in [0.05, 0.1) is 12.8 Å². The molecule has 1 heterocycles. The lowest BCUT2D eigenvalue weighted by molar-refractivity contribution is 0.260. The first-order chi connectivity index (χ1) is 9.07. The standard InChI is InChI=1S/C11H20N4O3S/c1-3-5-15(6-7-16)19(17,18)11-10(8-12-4-2)9-13-14-11/h3,9,12,16H,1,4-8H2,2H3,(H,13,14). The van der Waals surface area contributed by atoms with Crippen molar-refractivity contribution >= 4 is 10.0 Å². The van der Waals surface area contributed by atoms with Crippen molar-refractivity contribution in [3.05, 3.63) is 24.4 Å².